The molecule has 19 heavy (non-hydrogen) atoms. The van der Waals surface area contributed by atoms with Crippen LogP contribution in [0, 0.1) is 0 Å². The van der Waals surface area contributed by atoms with Gasteiger partial charge in [0.2, 0.25) is 5.91 Å². The number of hydrogen-bond donors (Lipinski definition) is 1. The molecule has 0 aromatic heterocycles. The zero-order valence-corrected chi connectivity index (χ0v) is 11.7. The lowest BCUT2D eigenvalue weighted by molar-refractivity contribution is -0.116. The zero-order valence-electron chi connectivity index (χ0n) is 11.7. The van der Waals surface area contributed by atoms with Gasteiger partial charge in [0.05, 0.1) is 6.61 Å². The minimum absolute atomic E-state index is 0.118. The van der Waals surface area contributed by atoms with E-state index in [9.17, 15) is 4.79 Å². The fraction of sp³-hybridized carbons (Fsp3) is 0.438. The maximum atomic E-state index is 10.9. The van der Waals surface area contributed by atoms with Crippen LogP contribution in [0.1, 0.15) is 31.7 Å². The van der Waals surface area contributed by atoms with Crippen molar-refractivity contribution in [3.63, 3.8) is 0 Å². The SMILES string of the molecule is C=CC(=O)NCCCCOc1ccc(CCC)cc1. The molecule has 0 aliphatic carbocycles. The van der Waals surface area contributed by atoms with E-state index in [1.807, 2.05) is 12.1 Å². The standard InChI is InChI=1S/C16H23NO2/c1-3-7-14-8-10-15(11-9-14)19-13-6-5-12-17-16(18)4-2/h4,8-11H,2-3,5-7,12-13H2,1H3,(H,17,18). The molecule has 0 spiro atoms. The summed E-state index contributed by atoms with van der Waals surface area (Å²) < 4.78 is 5.64. The first-order valence-corrected chi connectivity index (χ1v) is 6.88. The van der Waals surface area contributed by atoms with Crippen LogP contribution in [-0.4, -0.2) is 19.1 Å². The van der Waals surface area contributed by atoms with Gasteiger partial charge in [-0.2, -0.15) is 0 Å². The number of carbonyl (C=O) groups excluding carboxylic acids is 1. The number of amides is 1. The molecule has 104 valence electrons. The fourth-order valence-corrected chi connectivity index (χ4v) is 1.74. The van der Waals surface area contributed by atoms with Crippen LogP contribution in [0.2, 0.25) is 0 Å². The zero-order chi connectivity index (χ0) is 13.9. The summed E-state index contributed by atoms with van der Waals surface area (Å²) in [7, 11) is 0. The van der Waals surface area contributed by atoms with Gasteiger partial charge in [-0.3, -0.25) is 4.79 Å². The molecule has 3 heteroatoms. The Hall–Kier alpha value is -1.77. The van der Waals surface area contributed by atoms with Gasteiger partial charge in [0.25, 0.3) is 0 Å². The molecule has 0 unspecified atom stereocenters. The number of nitrogens with one attached hydrogen (secondary N) is 1. The average Bonchev–Trinajstić information content (AvgIpc) is 2.44. The summed E-state index contributed by atoms with van der Waals surface area (Å²) >= 11 is 0. The number of carbonyl (C=O) groups is 1. The number of rotatable bonds is 9. The highest BCUT2D eigenvalue weighted by Gasteiger charge is 1.96. The second-order valence-corrected chi connectivity index (χ2v) is 4.44. The van der Waals surface area contributed by atoms with Crippen molar-refractivity contribution in [3.05, 3.63) is 42.5 Å². The molecule has 0 heterocycles. The Labute approximate surface area is 115 Å². The number of unbranched alkanes of at least 4 members (excludes halogenated alkanes) is 1. The van der Waals surface area contributed by atoms with Gasteiger partial charge in [0.1, 0.15) is 5.75 Å². The van der Waals surface area contributed by atoms with E-state index in [2.05, 4.69) is 31.0 Å². The highest BCUT2D eigenvalue weighted by Crippen LogP contribution is 2.13. The maximum absolute atomic E-state index is 10.9. The van der Waals surface area contributed by atoms with Gasteiger partial charge in [-0.15, -0.1) is 0 Å². The van der Waals surface area contributed by atoms with Gasteiger partial charge in [-0.1, -0.05) is 32.1 Å². The molecule has 0 atom stereocenters. The van der Waals surface area contributed by atoms with Crippen LogP contribution in [0.15, 0.2) is 36.9 Å². The van der Waals surface area contributed by atoms with Gasteiger partial charge < -0.3 is 10.1 Å². The van der Waals surface area contributed by atoms with Crippen molar-refractivity contribution in [2.75, 3.05) is 13.2 Å². The van der Waals surface area contributed by atoms with E-state index in [-0.39, 0.29) is 5.91 Å². The molecule has 1 N–H and O–H groups in total. The normalized spacial score (nSPS) is 9.95. The van der Waals surface area contributed by atoms with Gasteiger partial charge >= 0.3 is 0 Å². The second kappa shape index (κ2) is 9.20. The highest BCUT2D eigenvalue weighted by molar-refractivity contribution is 5.86. The first-order chi connectivity index (χ1) is 9.26. The Balaban J connectivity index is 2.12. The van der Waals surface area contributed by atoms with Crippen LogP contribution >= 0.6 is 0 Å². The highest BCUT2D eigenvalue weighted by atomic mass is 16.5. The van der Waals surface area contributed by atoms with Crippen LogP contribution in [0.25, 0.3) is 0 Å². The number of ether oxygens (including phenoxy) is 1. The Kier molecular flexibility index (Phi) is 7.40. The molecular weight excluding hydrogens is 238 g/mol. The topological polar surface area (TPSA) is 38.3 Å². The lowest BCUT2D eigenvalue weighted by Gasteiger charge is -2.07. The Bertz CT molecular complexity index is 384. The molecule has 1 aromatic carbocycles. The van der Waals surface area contributed by atoms with E-state index in [1.54, 1.807) is 0 Å². The molecule has 0 saturated heterocycles. The van der Waals surface area contributed by atoms with E-state index in [4.69, 9.17) is 4.74 Å². The third kappa shape index (κ3) is 6.65. The van der Waals surface area contributed by atoms with Crippen LogP contribution in [0.4, 0.5) is 0 Å². The van der Waals surface area contributed by atoms with Crippen LogP contribution in [-0.2, 0) is 11.2 Å². The summed E-state index contributed by atoms with van der Waals surface area (Å²) in [5.41, 5.74) is 1.35. The Morgan fingerprint density at radius 1 is 1.32 bits per heavy atom. The molecule has 0 aliphatic heterocycles. The lowest BCUT2D eigenvalue weighted by atomic mass is 10.1. The van der Waals surface area contributed by atoms with Crippen molar-refractivity contribution in [1.29, 1.82) is 0 Å². The van der Waals surface area contributed by atoms with E-state index < -0.39 is 0 Å². The average molecular weight is 261 g/mol. The summed E-state index contributed by atoms with van der Waals surface area (Å²) in [5, 5.41) is 2.74. The van der Waals surface area contributed by atoms with E-state index in [1.165, 1.54) is 11.6 Å². The summed E-state index contributed by atoms with van der Waals surface area (Å²) in [6.07, 6.45) is 5.40. The minimum Gasteiger partial charge on any atom is -0.494 e. The molecule has 0 radical (unpaired) electrons. The lowest BCUT2D eigenvalue weighted by Crippen LogP contribution is -2.22. The third-order valence-corrected chi connectivity index (χ3v) is 2.79. The number of hydrogen-bond acceptors (Lipinski definition) is 2. The molecular formula is C16H23NO2. The van der Waals surface area contributed by atoms with Crippen LogP contribution in [0.5, 0.6) is 5.75 Å². The molecule has 1 rings (SSSR count). The van der Waals surface area contributed by atoms with Crippen LogP contribution < -0.4 is 10.1 Å². The summed E-state index contributed by atoms with van der Waals surface area (Å²) in [6, 6.07) is 8.27. The van der Waals surface area contributed by atoms with Gasteiger partial charge in [0.15, 0.2) is 0 Å². The van der Waals surface area contributed by atoms with Crippen molar-refractivity contribution in [2.24, 2.45) is 0 Å². The predicted molar refractivity (Wildman–Crippen MR) is 78.4 cm³/mol. The van der Waals surface area contributed by atoms with Crippen molar-refractivity contribution >= 4 is 5.91 Å². The summed E-state index contributed by atoms with van der Waals surface area (Å²) in [4.78, 5) is 10.9. The number of benzene rings is 1. The van der Waals surface area contributed by atoms with Crippen molar-refractivity contribution in [3.8, 4) is 5.75 Å². The molecule has 0 aliphatic rings. The predicted octanol–water partition coefficient (Wildman–Crippen LogP) is 3.10. The Morgan fingerprint density at radius 2 is 2.05 bits per heavy atom. The van der Waals surface area contributed by atoms with Crippen molar-refractivity contribution in [1.82, 2.24) is 5.32 Å². The molecule has 0 fully saturated rings. The first-order valence-electron chi connectivity index (χ1n) is 6.88. The Morgan fingerprint density at radius 3 is 2.68 bits per heavy atom. The molecule has 1 amide bonds. The molecule has 3 nitrogen and oxygen atoms in total. The van der Waals surface area contributed by atoms with Crippen molar-refractivity contribution < 1.29 is 9.53 Å². The quantitative estimate of drug-likeness (QED) is 0.548. The van der Waals surface area contributed by atoms with Gasteiger partial charge in [-0.25, -0.2) is 0 Å². The fourth-order valence-electron chi connectivity index (χ4n) is 1.74. The third-order valence-electron chi connectivity index (χ3n) is 2.79. The van der Waals surface area contributed by atoms with Crippen molar-refractivity contribution in [2.45, 2.75) is 32.6 Å². The smallest absolute Gasteiger partial charge is 0.243 e. The van der Waals surface area contributed by atoms with E-state index in [0.717, 1.165) is 31.4 Å². The molecule has 0 bridgehead atoms. The van der Waals surface area contributed by atoms with Gasteiger partial charge in [-0.05, 0) is 43.0 Å². The maximum Gasteiger partial charge on any atom is 0.243 e. The van der Waals surface area contributed by atoms with E-state index >= 15 is 0 Å². The molecule has 0 saturated carbocycles. The van der Waals surface area contributed by atoms with E-state index in [0.29, 0.717) is 13.2 Å². The minimum atomic E-state index is -0.118. The second-order valence-electron chi connectivity index (χ2n) is 4.44. The monoisotopic (exact) mass is 261 g/mol. The van der Waals surface area contributed by atoms with Gasteiger partial charge in [0, 0.05) is 6.54 Å². The largest absolute Gasteiger partial charge is 0.494 e. The van der Waals surface area contributed by atoms with Crippen LogP contribution in [0.3, 0.4) is 0 Å². The number of aryl methyl sites for hydroxylation is 1. The molecule has 1 aromatic rings. The first kappa shape index (κ1) is 15.3. The summed E-state index contributed by atoms with van der Waals surface area (Å²) in [5.74, 6) is 0.794. The summed E-state index contributed by atoms with van der Waals surface area (Å²) in [6.45, 7) is 6.92.